The quantitative estimate of drug-likeness (QED) is 0.357. The van der Waals surface area contributed by atoms with Crippen molar-refractivity contribution < 1.29 is 45.0 Å². The van der Waals surface area contributed by atoms with E-state index in [9.17, 15) is 9.59 Å². The van der Waals surface area contributed by atoms with Crippen molar-refractivity contribution in [3.05, 3.63) is 12.2 Å². The average Bonchev–Trinajstić information content (AvgIpc) is 2.57. The molecule has 0 aliphatic heterocycles. The van der Waals surface area contributed by atoms with Gasteiger partial charge in [-0.05, 0) is 0 Å². The number of rotatable bonds is 11. The Morgan fingerprint density at radius 2 is 1.09 bits per heavy atom. The first-order valence-corrected chi connectivity index (χ1v) is 9.48. The molecule has 0 fully saturated rings. The van der Waals surface area contributed by atoms with E-state index in [1.54, 1.807) is 0 Å². The molecular weight excluding hydrogens is 348 g/mol. The highest BCUT2D eigenvalue weighted by Gasteiger charge is 2.49. The van der Waals surface area contributed by atoms with Gasteiger partial charge in [0.2, 0.25) is 0 Å². The zero-order chi connectivity index (χ0) is 18.1. The Hall–Kier alpha value is -1.13. The first-order valence-electron chi connectivity index (χ1n) is 6.21. The lowest BCUT2D eigenvalue weighted by Crippen LogP contribution is -2.49. The van der Waals surface area contributed by atoms with Crippen LogP contribution in [0.25, 0.3) is 0 Å². The van der Waals surface area contributed by atoms with Crippen molar-refractivity contribution in [1.29, 1.82) is 0 Å². The van der Waals surface area contributed by atoms with E-state index in [1.807, 2.05) is 0 Å². The zero-order valence-corrected chi connectivity index (χ0v) is 16.0. The fourth-order valence-electron chi connectivity index (χ4n) is 1.36. The molecule has 0 bridgehead atoms. The zero-order valence-electron chi connectivity index (χ0n) is 14.0. The fourth-order valence-corrected chi connectivity index (χ4v) is 3.58. The van der Waals surface area contributed by atoms with Crippen molar-refractivity contribution in [2.24, 2.45) is 0 Å². The van der Waals surface area contributed by atoms with Gasteiger partial charge in [0, 0.05) is 48.2 Å². The van der Waals surface area contributed by atoms with Crippen LogP contribution in [-0.2, 0) is 45.0 Å². The standard InChI is InChI=1S/C11H22O10Si2/c1-9(11(13)21-23(17-5,18-6)19-7)8-10(12)20-22(14-2,15-3)16-4/h1,8H2,2-7H3. The summed E-state index contributed by atoms with van der Waals surface area (Å²) in [6, 6.07) is 0. The van der Waals surface area contributed by atoms with Crippen molar-refractivity contribution >= 4 is 30.0 Å². The van der Waals surface area contributed by atoms with Gasteiger partial charge >= 0.3 is 30.0 Å². The lowest BCUT2D eigenvalue weighted by Gasteiger charge is -2.23. The highest BCUT2D eigenvalue weighted by Crippen LogP contribution is 2.15. The maximum atomic E-state index is 11.9. The molecule has 0 amide bonds. The first kappa shape index (κ1) is 21.9. The Balaban J connectivity index is 4.75. The molecule has 134 valence electrons. The molecule has 0 atom stereocenters. The van der Waals surface area contributed by atoms with E-state index in [0.29, 0.717) is 0 Å². The second kappa shape index (κ2) is 9.89. The molecule has 0 rings (SSSR count). The summed E-state index contributed by atoms with van der Waals surface area (Å²) in [7, 11) is 0.449. The van der Waals surface area contributed by atoms with Gasteiger partial charge in [-0.3, -0.25) is 4.79 Å². The Kier molecular flexibility index (Phi) is 9.40. The van der Waals surface area contributed by atoms with Crippen LogP contribution in [-0.4, -0.2) is 72.7 Å². The molecule has 12 heteroatoms. The predicted molar refractivity (Wildman–Crippen MR) is 79.5 cm³/mol. The highest BCUT2D eigenvalue weighted by atomic mass is 28.4. The normalized spacial score (nSPS) is 11.9. The van der Waals surface area contributed by atoms with E-state index in [0.717, 1.165) is 0 Å². The van der Waals surface area contributed by atoms with Crippen LogP contribution < -0.4 is 0 Å². The SMILES string of the molecule is C=C(CC(=O)O[Si](OC)(OC)OC)C(=O)O[Si](OC)(OC)OC. The summed E-state index contributed by atoms with van der Waals surface area (Å²) in [6.07, 6.45) is -0.467. The van der Waals surface area contributed by atoms with Gasteiger partial charge in [0.1, 0.15) is 0 Å². The molecule has 0 aliphatic carbocycles. The van der Waals surface area contributed by atoms with Crippen molar-refractivity contribution in [1.82, 2.24) is 0 Å². The molecule has 0 spiro atoms. The van der Waals surface area contributed by atoms with Crippen LogP contribution in [0.5, 0.6) is 0 Å². The predicted octanol–water partition coefficient (Wildman–Crippen LogP) is -0.231. The maximum Gasteiger partial charge on any atom is 0.751 e. The van der Waals surface area contributed by atoms with E-state index in [4.69, 9.17) is 35.4 Å². The van der Waals surface area contributed by atoms with Crippen molar-refractivity contribution in [2.45, 2.75) is 6.42 Å². The van der Waals surface area contributed by atoms with Crippen LogP contribution in [0.2, 0.25) is 0 Å². The minimum absolute atomic E-state index is 0.191. The molecule has 0 aromatic carbocycles. The van der Waals surface area contributed by atoms with Crippen molar-refractivity contribution in [2.75, 3.05) is 42.7 Å². The lowest BCUT2D eigenvalue weighted by atomic mass is 10.2. The first-order chi connectivity index (χ1) is 10.8. The molecule has 0 N–H and O–H groups in total. The summed E-state index contributed by atoms with van der Waals surface area (Å²) in [4.78, 5) is 23.8. The summed E-state index contributed by atoms with van der Waals surface area (Å²) in [5.41, 5.74) is -0.191. The molecule has 0 saturated heterocycles. The van der Waals surface area contributed by atoms with Crippen LogP contribution in [0, 0.1) is 0 Å². The summed E-state index contributed by atoms with van der Waals surface area (Å²) in [5.74, 6) is -1.75. The number of hydrogen-bond acceptors (Lipinski definition) is 10. The number of hydrogen-bond donors (Lipinski definition) is 0. The third-order valence-electron chi connectivity index (χ3n) is 2.60. The van der Waals surface area contributed by atoms with Crippen molar-refractivity contribution in [3.63, 3.8) is 0 Å². The molecule has 0 radical (unpaired) electrons. The summed E-state index contributed by atoms with van der Waals surface area (Å²) < 4.78 is 39.6. The molecule has 0 aliphatic rings. The van der Waals surface area contributed by atoms with Gasteiger partial charge in [-0.2, -0.15) is 0 Å². The Morgan fingerprint density at radius 3 is 1.43 bits per heavy atom. The van der Waals surface area contributed by atoms with Crippen LogP contribution in [0.3, 0.4) is 0 Å². The molecule has 0 saturated carbocycles. The minimum atomic E-state index is -3.59. The number of carbonyl (C=O) groups is 2. The van der Waals surface area contributed by atoms with Gasteiger partial charge < -0.3 is 35.4 Å². The van der Waals surface area contributed by atoms with Gasteiger partial charge in [-0.25, -0.2) is 4.79 Å². The van der Waals surface area contributed by atoms with E-state index in [2.05, 4.69) is 6.58 Å². The number of carbonyl (C=O) groups excluding carboxylic acids is 2. The maximum absolute atomic E-state index is 11.9. The molecule has 0 heterocycles. The van der Waals surface area contributed by atoms with Gasteiger partial charge in [0.25, 0.3) is 0 Å². The summed E-state index contributed by atoms with van der Waals surface area (Å²) in [6.45, 7) is 3.46. The third-order valence-corrected chi connectivity index (χ3v) is 6.52. The van der Waals surface area contributed by atoms with Crippen LogP contribution in [0.4, 0.5) is 0 Å². The highest BCUT2D eigenvalue weighted by molar-refractivity contribution is 6.56. The molecule has 0 unspecified atom stereocenters. The molecule has 10 nitrogen and oxygen atoms in total. The van der Waals surface area contributed by atoms with Gasteiger partial charge in [0.05, 0.1) is 6.42 Å². The Labute approximate surface area is 137 Å². The van der Waals surface area contributed by atoms with Gasteiger partial charge in [0.15, 0.2) is 0 Å². The van der Waals surface area contributed by atoms with E-state index >= 15 is 0 Å². The van der Waals surface area contributed by atoms with E-state index in [-0.39, 0.29) is 5.57 Å². The fraction of sp³-hybridized carbons (Fsp3) is 0.636. The topological polar surface area (TPSA) is 108 Å². The van der Waals surface area contributed by atoms with Crippen LogP contribution in [0.15, 0.2) is 12.2 Å². The van der Waals surface area contributed by atoms with Gasteiger partial charge in [-0.1, -0.05) is 6.58 Å². The summed E-state index contributed by atoms with van der Waals surface area (Å²) in [5, 5.41) is 0. The van der Waals surface area contributed by atoms with Crippen LogP contribution in [0.1, 0.15) is 6.42 Å². The second-order valence-corrected chi connectivity index (χ2v) is 8.73. The third kappa shape index (κ3) is 6.11. The molecular formula is C11H22O10Si2. The van der Waals surface area contributed by atoms with Crippen molar-refractivity contribution in [3.8, 4) is 0 Å². The van der Waals surface area contributed by atoms with Crippen LogP contribution >= 0.6 is 0 Å². The average molecular weight is 370 g/mol. The molecule has 0 aromatic rings. The largest absolute Gasteiger partial charge is 0.751 e. The Morgan fingerprint density at radius 1 is 0.739 bits per heavy atom. The van der Waals surface area contributed by atoms with Gasteiger partial charge in [-0.15, -0.1) is 0 Å². The van der Waals surface area contributed by atoms with E-state index < -0.39 is 36.5 Å². The molecule has 23 heavy (non-hydrogen) atoms. The Bertz CT molecular complexity index is 403. The second-order valence-electron chi connectivity index (χ2n) is 3.87. The minimum Gasteiger partial charge on any atom is -0.452 e. The lowest BCUT2D eigenvalue weighted by molar-refractivity contribution is -0.145. The smallest absolute Gasteiger partial charge is 0.452 e. The monoisotopic (exact) mass is 370 g/mol. The molecule has 0 aromatic heterocycles. The van der Waals surface area contributed by atoms with E-state index in [1.165, 1.54) is 42.7 Å². The summed E-state index contributed by atoms with van der Waals surface area (Å²) >= 11 is 0.